The van der Waals surface area contributed by atoms with E-state index in [4.69, 9.17) is 19.9 Å². The van der Waals surface area contributed by atoms with Crippen molar-refractivity contribution >= 4 is 23.8 Å². The number of carbonyl (C=O) groups is 1. The van der Waals surface area contributed by atoms with Crippen molar-refractivity contribution in [3.8, 4) is 5.75 Å². The highest BCUT2D eigenvalue weighted by atomic mass is 16.5. The van der Waals surface area contributed by atoms with Crippen LogP contribution in [0.5, 0.6) is 5.75 Å². The monoisotopic (exact) mass is 608 g/mol. The maximum Gasteiger partial charge on any atom is 0.251 e. The lowest BCUT2D eigenvalue weighted by Crippen LogP contribution is -2.29. The molecule has 0 atom stereocenters. The van der Waals surface area contributed by atoms with Gasteiger partial charge in [-0.3, -0.25) is 4.79 Å². The number of methoxy groups -OCH3 is 1. The molecule has 1 fully saturated rings. The van der Waals surface area contributed by atoms with Crippen molar-refractivity contribution in [2.75, 3.05) is 62.6 Å². The van der Waals surface area contributed by atoms with Crippen LogP contribution in [0.1, 0.15) is 47.2 Å². The van der Waals surface area contributed by atoms with E-state index in [1.165, 1.54) is 0 Å². The van der Waals surface area contributed by atoms with Crippen LogP contribution in [0.25, 0.3) is 0 Å². The average molecular weight is 609 g/mol. The first kappa shape index (κ1) is 32.9. The highest BCUT2D eigenvalue weighted by Gasteiger charge is 2.20. The fourth-order valence-electron chi connectivity index (χ4n) is 4.63. The molecule has 4 rings (SSSR count). The number of hydrogen-bond donors (Lipinski definition) is 6. The van der Waals surface area contributed by atoms with Crippen molar-refractivity contribution in [2.45, 2.75) is 50.9 Å². The highest BCUT2D eigenvalue weighted by molar-refractivity contribution is 5.94. The molecule has 0 saturated heterocycles. The standard InChI is InChI=1S/C31H44N8O5/c1-42-27-12-4-23(5-13-27)21-35-30-37-29(38-31(39-30)36-25-8-10-26(40)11-9-25)34-20-22-2-6-24(7-3-22)28(41)33-15-17-44-19-18-43-16-14-32/h2-7,12-13,25-26,40H,8-11,14-21,32H2,1H3,(H,33,41)(H3,34,35,36,37,38,39). The van der Waals surface area contributed by atoms with Crippen LogP contribution in [0.15, 0.2) is 48.5 Å². The maximum absolute atomic E-state index is 12.5. The van der Waals surface area contributed by atoms with Gasteiger partial charge < -0.3 is 46.3 Å². The van der Waals surface area contributed by atoms with Crippen molar-refractivity contribution < 1.29 is 24.1 Å². The van der Waals surface area contributed by atoms with Gasteiger partial charge in [-0.1, -0.05) is 24.3 Å². The van der Waals surface area contributed by atoms with E-state index in [9.17, 15) is 9.90 Å². The molecule has 1 aromatic heterocycles. The molecule has 2 aromatic carbocycles. The summed E-state index contributed by atoms with van der Waals surface area (Å²) in [5.41, 5.74) is 7.96. The molecule has 0 spiro atoms. The molecule has 238 valence electrons. The maximum atomic E-state index is 12.5. The Labute approximate surface area is 258 Å². The highest BCUT2D eigenvalue weighted by Crippen LogP contribution is 2.22. The molecule has 1 aliphatic carbocycles. The summed E-state index contributed by atoms with van der Waals surface area (Å²) >= 11 is 0. The Bertz CT molecular complexity index is 1270. The zero-order valence-corrected chi connectivity index (χ0v) is 25.3. The smallest absolute Gasteiger partial charge is 0.251 e. The van der Waals surface area contributed by atoms with Crippen molar-refractivity contribution in [1.82, 2.24) is 20.3 Å². The Hall–Kier alpha value is -4.04. The van der Waals surface area contributed by atoms with Crippen LogP contribution in [-0.4, -0.2) is 84.7 Å². The van der Waals surface area contributed by atoms with Gasteiger partial charge in [0.05, 0.1) is 39.6 Å². The van der Waals surface area contributed by atoms with Gasteiger partial charge in [0.1, 0.15) is 5.75 Å². The lowest BCUT2D eigenvalue weighted by atomic mass is 9.93. The summed E-state index contributed by atoms with van der Waals surface area (Å²) < 4.78 is 15.9. The molecule has 13 nitrogen and oxygen atoms in total. The Balaban J connectivity index is 1.31. The minimum absolute atomic E-state index is 0.163. The number of nitrogens with one attached hydrogen (secondary N) is 4. The third kappa shape index (κ3) is 11.2. The third-order valence-electron chi connectivity index (χ3n) is 7.11. The number of hydrogen-bond acceptors (Lipinski definition) is 12. The molecule has 0 unspecified atom stereocenters. The van der Waals surface area contributed by atoms with Gasteiger partial charge in [0.25, 0.3) is 5.91 Å². The lowest BCUT2D eigenvalue weighted by molar-refractivity contribution is 0.0511. The number of anilines is 3. The van der Waals surface area contributed by atoms with Gasteiger partial charge >= 0.3 is 0 Å². The van der Waals surface area contributed by atoms with Crippen LogP contribution in [0, 0.1) is 0 Å². The number of nitrogens with zero attached hydrogens (tertiary/aromatic N) is 3. The van der Waals surface area contributed by atoms with Gasteiger partial charge in [-0.2, -0.15) is 15.0 Å². The summed E-state index contributed by atoms with van der Waals surface area (Å²) in [5.74, 6) is 1.97. The van der Waals surface area contributed by atoms with Crippen molar-refractivity contribution in [3.05, 3.63) is 65.2 Å². The lowest BCUT2D eigenvalue weighted by Gasteiger charge is -2.26. The Morgan fingerprint density at radius 2 is 1.39 bits per heavy atom. The number of nitrogens with two attached hydrogens (primary N) is 1. The first-order chi connectivity index (χ1) is 21.5. The number of aliphatic hydroxyl groups is 1. The molecule has 1 amide bonds. The quantitative estimate of drug-likeness (QED) is 0.117. The van der Waals surface area contributed by atoms with E-state index in [-0.39, 0.29) is 18.1 Å². The van der Waals surface area contributed by atoms with Gasteiger partial charge in [-0.05, 0) is 61.1 Å². The molecule has 1 aliphatic rings. The summed E-state index contributed by atoms with van der Waals surface area (Å²) in [5, 5.41) is 22.7. The number of aromatic nitrogens is 3. The fraction of sp³-hybridized carbons (Fsp3) is 0.484. The molecule has 1 saturated carbocycles. The average Bonchev–Trinajstić information content (AvgIpc) is 3.05. The number of rotatable bonds is 18. The summed E-state index contributed by atoms with van der Waals surface area (Å²) in [7, 11) is 1.64. The van der Waals surface area contributed by atoms with Gasteiger partial charge in [-0.15, -0.1) is 0 Å². The molecule has 0 radical (unpaired) electrons. The minimum Gasteiger partial charge on any atom is -0.497 e. The van der Waals surface area contributed by atoms with Crippen LogP contribution in [0.3, 0.4) is 0 Å². The topological polar surface area (TPSA) is 178 Å². The van der Waals surface area contributed by atoms with Crippen molar-refractivity contribution in [1.29, 1.82) is 0 Å². The molecule has 0 bridgehead atoms. The molecule has 1 heterocycles. The van der Waals surface area contributed by atoms with E-state index < -0.39 is 0 Å². The van der Waals surface area contributed by atoms with Crippen LogP contribution in [0.2, 0.25) is 0 Å². The number of benzene rings is 2. The van der Waals surface area contributed by atoms with Gasteiger partial charge in [0, 0.05) is 37.8 Å². The number of ether oxygens (including phenoxy) is 3. The van der Waals surface area contributed by atoms with Crippen LogP contribution < -0.4 is 31.7 Å². The van der Waals surface area contributed by atoms with E-state index >= 15 is 0 Å². The zero-order chi connectivity index (χ0) is 31.0. The minimum atomic E-state index is -0.242. The predicted molar refractivity (Wildman–Crippen MR) is 169 cm³/mol. The second-order valence-corrected chi connectivity index (χ2v) is 10.5. The molecule has 13 heteroatoms. The Morgan fingerprint density at radius 3 is 1.98 bits per heavy atom. The van der Waals surface area contributed by atoms with E-state index in [1.54, 1.807) is 19.2 Å². The Kier molecular flexibility index (Phi) is 13.4. The summed E-state index contributed by atoms with van der Waals surface area (Å²) in [4.78, 5) is 26.3. The second kappa shape index (κ2) is 17.9. The molecular formula is C31H44N8O5. The third-order valence-corrected chi connectivity index (χ3v) is 7.11. The molecule has 44 heavy (non-hydrogen) atoms. The summed E-state index contributed by atoms with van der Waals surface area (Å²) in [6.45, 7) is 3.74. The van der Waals surface area contributed by atoms with Crippen LogP contribution >= 0.6 is 0 Å². The van der Waals surface area contributed by atoms with Crippen molar-refractivity contribution in [3.63, 3.8) is 0 Å². The molecule has 7 N–H and O–H groups in total. The molecule has 3 aromatic rings. The van der Waals surface area contributed by atoms with Gasteiger partial charge in [-0.25, -0.2) is 0 Å². The zero-order valence-electron chi connectivity index (χ0n) is 25.3. The largest absolute Gasteiger partial charge is 0.497 e. The number of carbonyl (C=O) groups excluding carboxylic acids is 1. The van der Waals surface area contributed by atoms with E-state index in [0.29, 0.717) is 76.0 Å². The molecule has 0 aliphatic heterocycles. The summed E-state index contributed by atoms with van der Waals surface area (Å²) in [6, 6.07) is 15.3. The van der Waals surface area contributed by atoms with E-state index in [0.717, 1.165) is 42.6 Å². The fourth-order valence-corrected chi connectivity index (χ4v) is 4.63. The Morgan fingerprint density at radius 1 is 0.818 bits per heavy atom. The normalized spacial score (nSPS) is 16.2. The van der Waals surface area contributed by atoms with Crippen LogP contribution in [0.4, 0.5) is 17.8 Å². The second-order valence-electron chi connectivity index (χ2n) is 10.5. The van der Waals surface area contributed by atoms with E-state index in [1.807, 2.05) is 36.4 Å². The summed E-state index contributed by atoms with van der Waals surface area (Å²) in [6.07, 6.45) is 2.96. The molecular weight excluding hydrogens is 564 g/mol. The SMILES string of the molecule is COc1ccc(CNc2nc(NCc3ccc(C(=O)NCCOCCOCCN)cc3)nc(NC3CCC(O)CC3)n2)cc1. The van der Waals surface area contributed by atoms with Crippen molar-refractivity contribution in [2.24, 2.45) is 5.73 Å². The first-order valence-electron chi connectivity index (χ1n) is 15.1. The van der Waals surface area contributed by atoms with Gasteiger partial charge in [0.2, 0.25) is 17.8 Å². The van der Waals surface area contributed by atoms with Gasteiger partial charge in [0.15, 0.2) is 0 Å². The first-order valence-corrected chi connectivity index (χ1v) is 15.1. The number of aliphatic hydroxyl groups excluding tert-OH is 1. The predicted octanol–water partition coefficient (Wildman–Crippen LogP) is 2.54. The van der Waals surface area contributed by atoms with Crippen LogP contribution in [-0.2, 0) is 22.6 Å². The van der Waals surface area contributed by atoms with E-state index in [2.05, 4.69) is 36.2 Å². The number of amides is 1.